The van der Waals surface area contributed by atoms with Crippen molar-refractivity contribution < 1.29 is 14.3 Å². The number of nitrogens with zero attached hydrogens (tertiary/aromatic N) is 1. The summed E-state index contributed by atoms with van der Waals surface area (Å²) in [6.07, 6.45) is 10.2. The van der Waals surface area contributed by atoms with Crippen molar-refractivity contribution in [2.75, 3.05) is 11.9 Å². The molecule has 6 rings (SSSR count). The number of hydrogen-bond acceptors (Lipinski definition) is 5. The number of carbonyl (C=O) groups is 2. The van der Waals surface area contributed by atoms with Crippen LogP contribution in [0.25, 0.3) is 0 Å². The second-order valence-corrected chi connectivity index (χ2v) is 12.3. The first-order valence-electron chi connectivity index (χ1n) is 10.6. The Morgan fingerprint density at radius 3 is 2.62 bits per heavy atom. The Labute approximate surface area is 183 Å². The van der Waals surface area contributed by atoms with Crippen LogP contribution in [0.1, 0.15) is 67.4 Å². The van der Waals surface area contributed by atoms with Gasteiger partial charge in [0.25, 0.3) is 5.91 Å². The Morgan fingerprint density at radius 2 is 1.93 bits per heavy atom. The maximum absolute atomic E-state index is 13.0. The number of aryl methyl sites for hydroxylation is 1. The molecule has 4 fully saturated rings. The quantitative estimate of drug-likeness (QED) is 0.503. The van der Waals surface area contributed by atoms with Gasteiger partial charge in [-0.25, -0.2) is 0 Å². The average molecular weight is 477 g/mol. The number of esters is 1. The molecule has 4 saturated carbocycles. The van der Waals surface area contributed by atoms with Crippen LogP contribution in [0.5, 0.6) is 0 Å². The lowest BCUT2D eigenvalue weighted by atomic mass is 9.49. The lowest BCUT2D eigenvalue weighted by molar-refractivity contribution is -0.170. The smallest absolute Gasteiger partial charge is 0.312 e. The zero-order chi connectivity index (χ0) is 20.2. The van der Waals surface area contributed by atoms with Gasteiger partial charge in [-0.05, 0) is 81.6 Å². The number of anilines is 1. The van der Waals surface area contributed by atoms with Gasteiger partial charge in [-0.1, -0.05) is 15.9 Å². The van der Waals surface area contributed by atoms with Crippen LogP contribution in [-0.4, -0.2) is 22.8 Å². The van der Waals surface area contributed by atoms with E-state index in [0.717, 1.165) is 63.4 Å². The highest BCUT2D eigenvalue weighted by Crippen LogP contribution is 2.64. The van der Waals surface area contributed by atoms with Crippen molar-refractivity contribution in [2.45, 2.75) is 68.5 Å². The third kappa shape index (κ3) is 3.42. The van der Waals surface area contributed by atoms with Crippen molar-refractivity contribution in [3.8, 4) is 6.07 Å². The maximum Gasteiger partial charge on any atom is 0.312 e. The summed E-state index contributed by atoms with van der Waals surface area (Å²) in [5.74, 6) is 0.614. The number of ether oxygens (including phenoxy) is 1. The molecule has 5 aliphatic rings. The maximum atomic E-state index is 13.0. The molecule has 5 nitrogen and oxygen atoms in total. The normalized spacial score (nSPS) is 34.3. The standard InChI is InChI=1S/C22H25BrN2O3S/c23-22-8-13-5-14(9-22)7-21(6-13,12-22)20(27)28-11-18(26)25-19-16(10-24)15-3-1-2-4-17(15)29-19/h13-14H,1-9,11-12H2,(H,25,26). The number of carbonyl (C=O) groups excluding carboxylic acids is 2. The third-order valence-corrected chi connectivity index (χ3v) is 9.43. The van der Waals surface area contributed by atoms with E-state index in [0.29, 0.717) is 22.4 Å². The largest absolute Gasteiger partial charge is 0.455 e. The number of amides is 1. The van der Waals surface area contributed by atoms with Crippen LogP contribution in [-0.2, 0) is 27.2 Å². The summed E-state index contributed by atoms with van der Waals surface area (Å²) < 4.78 is 5.61. The van der Waals surface area contributed by atoms with Gasteiger partial charge in [0, 0.05) is 9.20 Å². The highest BCUT2D eigenvalue weighted by atomic mass is 79.9. The number of alkyl halides is 1. The van der Waals surface area contributed by atoms with E-state index < -0.39 is 5.41 Å². The van der Waals surface area contributed by atoms with E-state index in [4.69, 9.17) is 4.74 Å². The van der Waals surface area contributed by atoms with E-state index in [9.17, 15) is 14.9 Å². The summed E-state index contributed by atoms with van der Waals surface area (Å²) in [5, 5.41) is 13.0. The second-order valence-electron chi connectivity index (χ2n) is 9.54. The molecule has 0 saturated heterocycles. The average Bonchev–Trinajstić information content (AvgIpc) is 3.00. The van der Waals surface area contributed by atoms with Gasteiger partial charge < -0.3 is 10.1 Å². The van der Waals surface area contributed by atoms with Crippen LogP contribution < -0.4 is 5.32 Å². The number of fused-ring (bicyclic) bond motifs is 1. The van der Waals surface area contributed by atoms with Crippen LogP contribution in [0.4, 0.5) is 5.00 Å². The van der Waals surface area contributed by atoms with E-state index in [2.05, 4.69) is 27.3 Å². The molecule has 0 aliphatic heterocycles. The molecule has 1 N–H and O–H groups in total. The summed E-state index contributed by atoms with van der Waals surface area (Å²) in [7, 11) is 0. The zero-order valence-corrected chi connectivity index (χ0v) is 18.8. The lowest BCUT2D eigenvalue weighted by Crippen LogP contribution is -2.56. The van der Waals surface area contributed by atoms with Crippen LogP contribution in [0.2, 0.25) is 0 Å². The van der Waals surface area contributed by atoms with Gasteiger partial charge in [-0.3, -0.25) is 9.59 Å². The van der Waals surface area contributed by atoms with Crippen molar-refractivity contribution in [1.29, 1.82) is 5.26 Å². The Balaban J connectivity index is 1.23. The van der Waals surface area contributed by atoms with E-state index in [1.54, 1.807) is 0 Å². The molecule has 0 spiro atoms. The monoisotopic (exact) mass is 476 g/mol. The number of nitriles is 1. The molecule has 1 heterocycles. The van der Waals surface area contributed by atoms with Gasteiger partial charge in [-0.2, -0.15) is 5.26 Å². The van der Waals surface area contributed by atoms with E-state index >= 15 is 0 Å². The summed E-state index contributed by atoms with van der Waals surface area (Å²) in [6.45, 7) is -0.279. The molecule has 154 valence electrons. The molecule has 2 atom stereocenters. The molecule has 4 bridgehead atoms. The number of rotatable bonds is 4. The van der Waals surface area contributed by atoms with E-state index in [1.165, 1.54) is 22.6 Å². The first kappa shape index (κ1) is 19.6. The molecule has 1 aromatic heterocycles. The zero-order valence-electron chi connectivity index (χ0n) is 16.4. The highest BCUT2D eigenvalue weighted by Gasteiger charge is 2.60. The Hall–Kier alpha value is -1.39. The third-order valence-electron chi connectivity index (χ3n) is 7.29. The molecule has 0 aromatic carbocycles. The molecule has 1 aromatic rings. The fourth-order valence-corrected chi connectivity index (χ4v) is 9.32. The van der Waals surface area contributed by atoms with Gasteiger partial charge >= 0.3 is 5.97 Å². The highest BCUT2D eigenvalue weighted by molar-refractivity contribution is 9.10. The molecule has 7 heteroatoms. The summed E-state index contributed by atoms with van der Waals surface area (Å²) in [6, 6.07) is 2.25. The fourth-order valence-electron chi connectivity index (χ4n) is 6.61. The minimum atomic E-state index is -0.423. The predicted molar refractivity (Wildman–Crippen MR) is 114 cm³/mol. The van der Waals surface area contributed by atoms with Crippen molar-refractivity contribution in [1.82, 2.24) is 0 Å². The van der Waals surface area contributed by atoms with Crippen molar-refractivity contribution in [3.05, 3.63) is 16.0 Å². The Bertz CT molecular complexity index is 904. The molecule has 1 amide bonds. The molecule has 29 heavy (non-hydrogen) atoms. The van der Waals surface area contributed by atoms with Crippen LogP contribution in [0, 0.1) is 28.6 Å². The minimum Gasteiger partial charge on any atom is -0.455 e. The topological polar surface area (TPSA) is 79.2 Å². The van der Waals surface area contributed by atoms with Gasteiger partial charge in [0.05, 0.1) is 11.0 Å². The SMILES string of the molecule is N#Cc1c(NC(=O)COC(=O)C23CC4CC(CC(Br)(C4)C2)C3)sc2c1CCCC2. The molecule has 5 aliphatic carbocycles. The van der Waals surface area contributed by atoms with Crippen molar-refractivity contribution >= 4 is 44.1 Å². The Morgan fingerprint density at radius 1 is 1.21 bits per heavy atom. The van der Waals surface area contributed by atoms with Gasteiger partial charge in [0.1, 0.15) is 11.1 Å². The predicted octanol–water partition coefficient (Wildman–Crippen LogP) is 4.71. The first-order valence-corrected chi connectivity index (χ1v) is 12.2. The van der Waals surface area contributed by atoms with Crippen LogP contribution in [0.3, 0.4) is 0 Å². The molecular weight excluding hydrogens is 452 g/mol. The summed E-state index contributed by atoms with van der Waals surface area (Å²) >= 11 is 5.41. The van der Waals surface area contributed by atoms with E-state index in [-0.39, 0.29) is 22.8 Å². The van der Waals surface area contributed by atoms with Gasteiger partial charge in [0.2, 0.25) is 0 Å². The number of thiophene rings is 1. The molecule has 0 radical (unpaired) electrons. The first-order chi connectivity index (χ1) is 13.9. The van der Waals surface area contributed by atoms with Crippen molar-refractivity contribution in [2.24, 2.45) is 17.3 Å². The van der Waals surface area contributed by atoms with Gasteiger partial charge in [0.15, 0.2) is 6.61 Å². The van der Waals surface area contributed by atoms with Crippen LogP contribution >= 0.6 is 27.3 Å². The number of hydrogen-bond donors (Lipinski definition) is 1. The van der Waals surface area contributed by atoms with Crippen molar-refractivity contribution in [3.63, 3.8) is 0 Å². The second kappa shape index (κ2) is 7.09. The fraction of sp³-hybridized carbons (Fsp3) is 0.682. The Kier molecular flexibility index (Phi) is 4.78. The number of nitrogens with one attached hydrogen (secondary N) is 1. The lowest BCUT2D eigenvalue weighted by Gasteiger charge is -2.58. The number of halogens is 1. The van der Waals surface area contributed by atoms with E-state index in [1.807, 2.05) is 0 Å². The minimum absolute atomic E-state index is 0.0795. The van der Waals surface area contributed by atoms with Gasteiger partial charge in [-0.15, -0.1) is 11.3 Å². The summed E-state index contributed by atoms with van der Waals surface area (Å²) in [4.78, 5) is 26.7. The molecular formula is C22H25BrN2O3S. The summed E-state index contributed by atoms with van der Waals surface area (Å²) in [5.41, 5.74) is 1.26. The van der Waals surface area contributed by atoms with Crippen LogP contribution in [0.15, 0.2) is 0 Å². The molecule has 2 unspecified atom stereocenters.